The van der Waals surface area contributed by atoms with Crippen molar-refractivity contribution < 1.29 is 24.5 Å². The summed E-state index contributed by atoms with van der Waals surface area (Å²) in [6.07, 6.45) is -0.271. The molecule has 0 fully saturated rings. The van der Waals surface area contributed by atoms with Crippen molar-refractivity contribution in [2.24, 2.45) is 10.9 Å². The normalized spacial score (nSPS) is 18.2. The number of phenolic OH excluding ortho intramolecular Hbond substituents is 1. The van der Waals surface area contributed by atoms with Crippen LogP contribution in [-0.4, -0.2) is 35.0 Å². The molecule has 0 bridgehead atoms. The Bertz CT molecular complexity index is 961. The van der Waals surface area contributed by atoms with Gasteiger partial charge in [0, 0.05) is 23.2 Å². The van der Waals surface area contributed by atoms with Gasteiger partial charge in [0.15, 0.2) is 17.1 Å². The zero-order valence-electron chi connectivity index (χ0n) is 14.9. The number of phenols is 1. The van der Waals surface area contributed by atoms with Crippen LogP contribution in [-0.2, 0) is 10.4 Å². The van der Waals surface area contributed by atoms with E-state index in [4.69, 9.17) is 10.6 Å². The summed E-state index contributed by atoms with van der Waals surface area (Å²) in [7, 11) is 1.40. The van der Waals surface area contributed by atoms with E-state index in [1.807, 2.05) is 5.43 Å². The van der Waals surface area contributed by atoms with Gasteiger partial charge in [-0.1, -0.05) is 18.2 Å². The summed E-state index contributed by atoms with van der Waals surface area (Å²) in [5.41, 5.74) is 3.48. The number of carbonyl (C=O) groups is 2. The lowest BCUT2D eigenvalue weighted by Crippen LogP contribution is -2.40. The average Bonchev–Trinajstić information content (AvgIpc) is 2.95. The first-order valence-electron chi connectivity index (χ1n) is 8.23. The molecule has 3 rings (SSSR count). The highest BCUT2D eigenvalue weighted by molar-refractivity contribution is 6.11. The number of nitrogens with one attached hydrogen (secondary N) is 3. The predicted molar refractivity (Wildman–Crippen MR) is 101 cm³/mol. The maximum atomic E-state index is 12.5. The van der Waals surface area contributed by atoms with Gasteiger partial charge < -0.3 is 20.3 Å². The van der Waals surface area contributed by atoms with E-state index in [1.54, 1.807) is 30.3 Å². The zero-order valence-corrected chi connectivity index (χ0v) is 14.9. The number of rotatable bonds is 5. The SMILES string of the molecule is COc1ccc(/C(C[C@]2(O)C(=O)Nc3ccccc32)=N/NC(=O)NN)cc1O. The van der Waals surface area contributed by atoms with Crippen LogP contribution in [0.5, 0.6) is 11.5 Å². The lowest BCUT2D eigenvalue weighted by atomic mass is 9.87. The van der Waals surface area contributed by atoms with Crippen LogP contribution < -0.4 is 26.7 Å². The number of ether oxygens (including phenoxy) is 1. The molecular weight excluding hydrogens is 366 g/mol. The van der Waals surface area contributed by atoms with E-state index in [0.717, 1.165) is 0 Å². The van der Waals surface area contributed by atoms with Gasteiger partial charge in [-0.25, -0.2) is 16.1 Å². The number of aliphatic hydroxyl groups is 1. The number of methoxy groups -OCH3 is 1. The molecule has 1 aliphatic rings. The van der Waals surface area contributed by atoms with Crippen molar-refractivity contribution in [3.63, 3.8) is 0 Å². The van der Waals surface area contributed by atoms with E-state index in [0.29, 0.717) is 16.8 Å². The van der Waals surface area contributed by atoms with Crippen LogP contribution in [0.4, 0.5) is 10.5 Å². The van der Waals surface area contributed by atoms with Gasteiger partial charge in [-0.15, -0.1) is 0 Å². The third-order valence-electron chi connectivity index (χ3n) is 4.36. The van der Waals surface area contributed by atoms with Gasteiger partial charge in [-0.3, -0.25) is 10.2 Å². The number of nitrogens with zero attached hydrogens (tertiary/aromatic N) is 1. The van der Waals surface area contributed by atoms with E-state index in [1.165, 1.54) is 19.2 Å². The summed E-state index contributed by atoms with van der Waals surface area (Å²) in [6.45, 7) is 0. The minimum Gasteiger partial charge on any atom is -0.504 e. The largest absolute Gasteiger partial charge is 0.504 e. The van der Waals surface area contributed by atoms with Gasteiger partial charge in [-0.2, -0.15) is 5.10 Å². The summed E-state index contributed by atoms with van der Waals surface area (Å²) in [5, 5.41) is 27.7. The van der Waals surface area contributed by atoms with E-state index in [-0.39, 0.29) is 23.6 Å². The molecule has 1 atom stereocenters. The first-order valence-corrected chi connectivity index (χ1v) is 8.23. The van der Waals surface area contributed by atoms with Crippen LogP contribution in [0.15, 0.2) is 47.6 Å². The van der Waals surface area contributed by atoms with Gasteiger partial charge in [0.1, 0.15) is 0 Å². The number of fused-ring (bicyclic) bond motifs is 1. The molecule has 10 nitrogen and oxygen atoms in total. The number of nitrogens with two attached hydrogens (primary N) is 1. The number of amides is 3. The zero-order chi connectivity index (χ0) is 20.3. The minimum absolute atomic E-state index is 0.135. The Kier molecular flexibility index (Phi) is 5.16. The number of hydrogen-bond donors (Lipinski definition) is 6. The van der Waals surface area contributed by atoms with Crippen molar-refractivity contribution in [3.8, 4) is 11.5 Å². The molecule has 0 saturated heterocycles. The number of aromatic hydroxyl groups is 1. The fourth-order valence-corrected chi connectivity index (χ4v) is 2.94. The van der Waals surface area contributed by atoms with Crippen LogP contribution in [0, 0.1) is 0 Å². The Balaban J connectivity index is 2.02. The van der Waals surface area contributed by atoms with Crippen LogP contribution >= 0.6 is 0 Å². The molecule has 0 saturated carbocycles. The van der Waals surface area contributed by atoms with Crippen molar-refractivity contribution in [1.29, 1.82) is 0 Å². The van der Waals surface area contributed by atoms with E-state index in [2.05, 4.69) is 15.8 Å². The lowest BCUT2D eigenvalue weighted by Gasteiger charge is -2.22. The highest BCUT2D eigenvalue weighted by Crippen LogP contribution is 2.39. The van der Waals surface area contributed by atoms with Gasteiger partial charge in [-0.05, 0) is 24.3 Å². The highest BCUT2D eigenvalue weighted by Gasteiger charge is 2.46. The van der Waals surface area contributed by atoms with Gasteiger partial charge in [0.05, 0.1) is 12.8 Å². The van der Waals surface area contributed by atoms with E-state index >= 15 is 0 Å². The number of hydrazone groups is 1. The summed E-state index contributed by atoms with van der Waals surface area (Å²) >= 11 is 0. The van der Waals surface area contributed by atoms with Crippen molar-refractivity contribution in [2.45, 2.75) is 12.0 Å². The molecule has 1 heterocycles. The van der Waals surface area contributed by atoms with Gasteiger partial charge in [0.25, 0.3) is 5.91 Å². The number of benzene rings is 2. The first-order chi connectivity index (χ1) is 13.4. The standard InChI is InChI=1S/C18H19N5O5/c1-28-15-7-6-10(8-14(15)24)13(22-23-17(26)21-19)9-18(27)11-4-2-3-5-12(11)20-16(18)25/h2-8,24,27H,9,19H2,1H3,(H,20,25)(H2,21,23,26)/b22-13+/t18-/m1/s1. The lowest BCUT2D eigenvalue weighted by molar-refractivity contribution is -0.132. The van der Waals surface area contributed by atoms with E-state index in [9.17, 15) is 19.8 Å². The van der Waals surface area contributed by atoms with E-state index < -0.39 is 17.5 Å². The smallest absolute Gasteiger partial charge is 0.349 e. The molecule has 2 aromatic rings. The molecular formula is C18H19N5O5. The Labute approximate surface area is 160 Å². The molecule has 0 unspecified atom stereocenters. The number of urea groups is 1. The van der Waals surface area contributed by atoms with Crippen LogP contribution in [0.3, 0.4) is 0 Å². The summed E-state index contributed by atoms with van der Waals surface area (Å²) in [6, 6.07) is 10.3. The molecule has 0 aromatic heterocycles. The van der Waals surface area contributed by atoms with Crippen LogP contribution in [0.2, 0.25) is 0 Å². The fraction of sp³-hybridized carbons (Fsp3) is 0.167. The van der Waals surface area contributed by atoms with Crippen molar-refractivity contribution >= 4 is 23.3 Å². The first kappa shape index (κ1) is 19.1. The molecule has 146 valence electrons. The second-order valence-corrected chi connectivity index (χ2v) is 6.07. The molecule has 0 spiro atoms. The van der Waals surface area contributed by atoms with Crippen LogP contribution in [0.1, 0.15) is 17.5 Å². The number of hydrogen-bond acceptors (Lipinski definition) is 7. The molecule has 3 amide bonds. The number of para-hydroxylation sites is 1. The highest BCUT2D eigenvalue weighted by atomic mass is 16.5. The predicted octanol–water partition coefficient (Wildman–Crippen LogP) is 0.508. The number of anilines is 1. The Hall–Kier alpha value is -3.63. The quantitative estimate of drug-likeness (QED) is 0.190. The Morgan fingerprint density at radius 1 is 1.32 bits per heavy atom. The maximum Gasteiger partial charge on any atom is 0.349 e. The Morgan fingerprint density at radius 3 is 2.75 bits per heavy atom. The molecule has 10 heteroatoms. The fourth-order valence-electron chi connectivity index (χ4n) is 2.94. The number of carbonyl (C=O) groups excluding carboxylic acids is 2. The van der Waals surface area contributed by atoms with Gasteiger partial charge in [0.2, 0.25) is 0 Å². The topological polar surface area (TPSA) is 158 Å². The third-order valence-corrected chi connectivity index (χ3v) is 4.36. The summed E-state index contributed by atoms with van der Waals surface area (Å²) in [4.78, 5) is 23.9. The molecule has 0 aliphatic carbocycles. The van der Waals surface area contributed by atoms with Crippen molar-refractivity contribution in [2.75, 3.05) is 12.4 Å². The molecule has 2 aromatic carbocycles. The summed E-state index contributed by atoms with van der Waals surface area (Å²) in [5.74, 6) is 4.48. The second-order valence-electron chi connectivity index (χ2n) is 6.07. The molecule has 28 heavy (non-hydrogen) atoms. The van der Waals surface area contributed by atoms with Crippen molar-refractivity contribution in [3.05, 3.63) is 53.6 Å². The monoisotopic (exact) mass is 385 g/mol. The van der Waals surface area contributed by atoms with Crippen molar-refractivity contribution in [1.82, 2.24) is 10.9 Å². The second kappa shape index (κ2) is 7.55. The maximum absolute atomic E-state index is 12.5. The molecule has 1 aliphatic heterocycles. The average molecular weight is 385 g/mol. The Morgan fingerprint density at radius 2 is 2.07 bits per heavy atom. The van der Waals surface area contributed by atoms with Crippen LogP contribution in [0.25, 0.3) is 0 Å². The summed E-state index contributed by atoms with van der Waals surface area (Å²) < 4.78 is 5.01. The number of hydrazine groups is 1. The van der Waals surface area contributed by atoms with Gasteiger partial charge >= 0.3 is 6.03 Å². The minimum atomic E-state index is -1.91. The molecule has 0 radical (unpaired) electrons. The molecule has 7 N–H and O–H groups in total. The third kappa shape index (κ3) is 3.46.